The molecule has 3 aromatic rings. The van der Waals surface area contributed by atoms with Crippen LogP contribution in [0.3, 0.4) is 0 Å². The molecule has 0 fully saturated rings. The Bertz CT molecular complexity index is 1490. The van der Waals surface area contributed by atoms with Crippen molar-refractivity contribution in [2.24, 2.45) is 0 Å². The summed E-state index contributed by atoms with van der Waals surface area (Å²) in [6.45, 7) is 1.48. The minimum Gasteiger partial charge on any atom is -0.494 e. The molecule has 0 bridgehead atoms. The molecule has 0 spiro atoms. The summed E-state index contributed by atoms with van der Waals surface area (Å²) in [5.74, 6) is -2.12. The third-order valence-electron chi connectivity index (χ3n) is 6.72. The van der Waals surface area contributed by atoms with Crippen molar-refractivity contribution < 1.29 is 45.4 Å². The second-order valence-corrected chi connectivity index (χ2v) is 9.76. The minimum atomic E-state index is -5.03. The fourth-order valence-corrected chi connectivity index (χ4v) is 4.51. The number of ether oxygens (including phenoxy) is 2. The molecule has 43 heavy (non-hydrogen) atoms. The molecule has 8 nitrogen and oxygen atoms in total. The summed E-state index contributed by atoms with van der Waals surface area (Å²) in [7, 11) is 1.36. The number of hydrogen-bond donors (Lipinski definition) is 2. The number of aryl methyl sites for hydroxylation is 1. The second kappa shape index (κ2) is 12.3. The molecule has 1 aromatic heterocycles. The van der Waals surface area contributed by atoms with E-state index in [9.17, 15) is 35.9 Å². The molecule has 2 aromatic carbocycles. The fourth-order valence-electron chi connectivity index (χ4n) is 4.51. The van der Waals surface area contributed by atoms with Crippen LogP contribution in [0.2, 0.25) is 0 Å². The van der Waals surface area contributed by atoms with Crippen LogP contribution >= 0.6 is 0 Å². The van der Waals surface area contributed by atoms with Crippen LogP contribution in [0.5, 0.6) is 11.6 Å². The molecule has 2 amide bonds. The summed E-state index contributed by atoms with van der Waals surface area (Å²) >= 11 is 0. The van der Waals surface area contributed by atoms with Gasteiger partial charge in [0.2, 0.25) is 5.88 Å². The Hall–Kier alpha value is -4.62. The zero-order valence-corrected chi connectivity index (χ0v) is 22.9. The molecule has 0 unspecified atom stereocenters. The number of nitrogens with zero attached hydrogens (tertiary/aromatic N) is 2. The van der Waals surface area contributed by atoms with E-state index in [1.807, 2.05) is 5.32 Å². The maximum atomic E-state index is 14.9. The van der Waals surface area contributed by atoms with Crippen LogP contribution in [0.4, 0.5) is 32.2 Å². The van der Waals surface area contributed by atoms with E-state index in [4.69, 9.17) is 9.47 Å². The molecule has 4 rings (SSSR count). The van der Waals surface area contributed by atoms with Crippen molar-refractivity contribution in [2.75, 3.05) is 19.0 Å². The Labute approximate surface area is 242 Å². The summed E-state index contributed by atoms with van der Waals surface area (Å²) in [5, 5.41) is 11.9. The predicted molar refractivity (Wildman–Crippen MR) is 143 cm³/mol. The first-order valence-corrected chi connectivity index (χ1v) is 12.9. The standard InChI is InChI=1S/C29H26F6N4O4/c1-17-4-6-18(7-5-17)21-16-27(29(33,34)35,19-8-10-20(11-9-19)43-15-3-14-28(30,31)32)37-26(41)24(21)25(40)36-22-12-13-23(42-2)39-38-22/h4-13H,3,14-16H2,1-2H3,(H,37,41)(H,36,38,40)/t27-/m0/s1. The second-order valence-electron chi connectivity index (χ2n) is 9.76. The van der Waals surface area contributed by atoms with Gasteiger partial charge in [-0.1, -0.05) is 42.0 Å². The van der Waals surface area contributed by atoms with Gasteiger partial charge in [0.15, 0.2) is 11.4 Å². The van der Waals surface area contributed by atoms with Crippen LogP contribution in [0, 0.1) is 6.92 Å². The van der Waals surface area contributed by atoms with Gasteiger partial charge in [-0.3, -0.25) is 9.59 Å². The third-order valence-corrected chi connectivity index (χ3v) is 6.72. The smallest absolute Gasteiger partial charge is 0.416 e. The summed E-state index contributed by atoms with van der Waals surface area (Å²) in [5.41, 5.74) is -2.97. The Morgan fingerprint density at radius 2 is 1.65 bits per heavy atom. The Kier molecular flexibility index (Phi) is 8.97. The summed E-state index contributed by atoms with van der Waals surface area (Å²) in [6, 6.07) is 13.6. The van der Waals surface area contributed by atoms with Gasteiger partial charge in [-0.15, -0.1) is 10.2 Å². The Morgan fingerprint density at radius 1 is 0.977 bits per heavy atom. The Balaban J connectivity index is 1.71. The number of carbonyl (C=O) groups excluding carboxylic acids is 2. The average molecular weight is 609 g/mol. The number of anilines is 1. The van der Waals surface area contributed by atoms with Crippen molar-refractivity contribution in [1.82, 2.24) is 15.5 Å². The molecule has 0 radical (unpaired) electrons. The van der Waals surface area contributed by atoms with Crippen LogP contribution in [0.15, 0.2) is 66.2 Å². The Morgan fingerprint density at radius 3 is 2.21 bits per heavy atom. The number of methoxy groups -OCH3 is 1. The molecular weight excluding hydrogens is 582 g/mol. The molecule has 0 saturated carbocycles. The van der Waals surface area contributed by atoms with Crippen LogP contribution in [-0.4, -0.2) is 48.1 Å². The molecule has 228 valence electrons. The molecular formula is C29H26F6N4O4. The zero-order chi connectivity index (χ0) is 31.4. The lowest BCUT2D eigenvalue weighted by Gasteiger charge is -2.41. The minimum absolute atomic E-state index is 0.0559. The van der Waals surface area contributed by atoms with Gasteiger partial charge in [0.05, 0.1) is 13.7 Å². The molecule has 1 aliphatic heterocycles. The van der Waals surface area contributed by atoms with E-state index < -0.39 is 48.1 Å². The van der Waals surface area contributed by atoms with E-state index in [0.717, 1.165) is 17.7 Å². The highest BCUT2D eigenvalue weighted by molar-refractivity contribution is 6.28. The lowest BCUT2D eigenvalue weighted by molar-refractivity contribution is -0.201. The molecule has 1 atom stereocenters. The molecule has 2 heterocycles. The van der Waals surface area contributed by atoms with Gasteiger partial charge < -0.3 is 20.1 Å². The number of aromatic nitrogens is 2. The van der Waals surface area contributed by atoms with E-state index in [-0.39, 0.29) is 47.2 Å². The lowest BCUT2D eigenvalue weighted by Crippen LogP contribution is -2.59. The first kappa shape index (κ1) is 31.3. The monoisotopic (exact) mass is 608 g/mol. The first-order valence-electron chi connectivity index (χ1n) is 12.9. The highest BCUT2D eigenvalue weighted by atomic mass is 19.4. The molecule has 2 N–H and O–H groups in total. The maximum absolute atomic E-state index is 14.9. The number of benzene rings is 2. The van der Waals surface area contributed by atoms with Gasteiger partial charge in [-0.2, -0.15) is 26.3 Å². The van der Waals surface area contributed by atoms with Crippen LogP contribution in [0.25, 0.3) is 5.57 Å². The summed E-state index contributed by atoms with van der Waals surface area (Å²) in [6.07, 6.45) is -11.6. The van der Waals surface area contributed by atoms with Gasteiger partial charge in [0, 0.05) is 18.9 Å². The van der Waals surface area contributed by atoms with Crippen molar-refractivity contribution in [1.29, 1.82) is 0 Å². The van der Waals surface area contributed by atoms with E-state index >= 15 is 0 Å². The van der Waals surface area contributed by atoms with Crippen LogP contribution < -0.4 is 20.1 Å². The molecule has 0 aliphatic carbocycles. The summed E-state index contributed by atoms with van der Waals surface area (Å²) < 4.78 is 92.0. The number of amides is 2. The van der Waals surface area contributed by atoms with Crippen molar-refractivity contribution in [3.63, 3.8) is 0 Å². The van der Waals surface area contributed by atoms with Gasteiger partial charge >= 0.3 is 12.4 Å². The molecule has 1 aliphatic rings. The maximum Gasteiger partial charge on any atom is 0.416 e. The zero-order valence-electron chi connectivity index (χ0n) is 22.9. The van der Waals surface area contributed by atoms with Crippen molar-refractivity contribution >= 4 is 23.2 Å². The van der Waals surface area contributed by atoms with Crippen molar-refractivity contribution in [3.05, 3.63) is 82.9 Å². The van der Waals surface area contributed by atoms with Crippen LogP contribution in [-0.2, 0) is 15.1 Å². The number of alkyl halides is 6. The summed E-state index contributed by atoms with van der Waals surface area (Å²) in [4.78, 5) is 26.7. The number of rotatable bonds is 9. The number of carbonyl (C=O) groups is 2. The number of nitrogens with one attached hydrogen (secondary N) is 2. The lowest BCUT2D eigenvalue weighted by atomic mass is 9.76. The van der Waals surface area contributed by atoms with Gasteiger partial charge in [-0.25, -0.2) is 0 Å². The quantitative estimate of drug-likeness (QED) is 0.179. The fraction of sp³-hybridized carbons (Fsp3) is 0.310. The third kappa shape index (κ3) is 7.24. The first-order chi connectivity index (χ1) is 20.2. The highest BCUT2D eigenvalue weighted by Crippen LogP contribution is 2.48. The van der Waals surface area contributed by atoms with E-state index in [0.29, 0.717) is 0 Å². The molecule has 0 saturated heterocycles. The van der Waals surface area contributed by atoms with E-state index in [1.165, 1.54) is 43.5 Å². The normalized spacial score (nSPS) is 17.3. The largest absolute Gasteiger partial charge is 0.494 e. The van der Waals surface area contributed by atoms with Crippen molar-refractivity contribution in [2.45, 2.75) is 44.1 Å². The topological polar surface area (TPSA) is 102 Å². The van der Waals surface area contributed by atoms with Gasteiger partial charge in [0.25, 0.3) is 11.8 Å². The van der Waals surface area contributed by atoms with Crippen LogP contribution in [0.1, 0.15) is 36.0 Å². The van der Waals surface area contributed by atoms with E-state index in [2.05, 4.69) is 15.5 Å². The molecule has 14 heteroatoms. The van der Waals surface area contributed by atoms with Gasteiger partial charge in [-0.05, 0) is 48.2 Å². The average Bonchev–Trinajstić information content (AvgIpc) is 2.95. The van der Waals surface area contributed by atoms with Crippen molar-refractivity contribution in [3.8, 4) is 11.6 Å². The number of halogens is 6. The van der Waals surface area contributed by atoms with E-state index in [1.54, 1.807) is 19.1 Å². The highest BCUT2D eigenvalue weighted by Gasteiger charge is 2.60. The SMILES string of the molecule is COc1ccc(NC(=O)C2=C(c3ccc(C)cc3)C[C@](c3ccc(OCCCC(F)(F)F)cc3)(C(F)(F)F)NC2=O)nn1. The number of hydrogen-bond acceptors (Lipinski definition) is 6. The predicted octanol–water partition coefficient (Wildman–Crippen LogP) is 5.88. The van der Waals surface area contributed by atoms with Gasteiger partial charge in [0.1, 0.15) is 11.3 Å².